The van der Waals surface area contributed by atoms with Gasteiger partial charge in [-0.2, -0.15) is 0 Å². The van der Waals surface area contributed by atoms with Gasteiger partial charge in [0.1, 0.15) is 15.4 Å². The lowest BCUT2D eigenvalue weighted by molar-refractivity contribution is -0.137. The van der Waals surface area contributed by atoms with Crippen LogP contribution in [0.25, 0.3) is 0 Å². The highest BCUT2D eigenvalue weighted by Crippen LogP contribution is 2.00. The van der Waals surface area contributed by atoms with Gasteiger partial charge in [0.25, 0.3) is 0 Å². The summed E-state index contributed by atoms with van der Waals surface area (Å²) in [6.07, 6.45) is 1.93. The molecule has 20 heavy (non-hydrogen) atoms. The monoisotopic (exact) mass is 304 g/mol. The molecule has 116 valence electrons. The lowest BCUT2D eigenvalue weighted by Crippen LogP contribution is -2.27. The summed E-state index contributed by atoms with van der Waals surface area (Å²) in [6, 6.07) is 0.870. The van der Waals surface area contributed by atoms with Gasteiger partial charge in [-0.3, -0.25) is 0 Å². The van der Waals surface area contributed by atoms with Crippen LogP contribution in [0.15, 0.2) is 12.7 Å². The van der Waals surface area contributed by atoms with Crippen LogP contribution >= 0.6 is 0 Å². The predicted molar refractivity (Wildman–Crippen MR) is 75.8 cm³/mol. The van der Waals surface area contributed by atoms with Crippen LogP contribution in [0, 0.1) is 0 Å². The third-order valence-electron chi connectivity index (χ3n) is 2.16. The SMILES string of the molecule is C=CC(=O)OCCC[Si]C(OCCOC)OCCOC. The molecule has 7 heteroatoms. The van der Waals surface area contributed by atoms with Crippen LogP contribution in [0.4, 0.5) is 0 Å². The standard InChI is InChI=1S/C13H24O6Si/c1-4-12(14)17-6-5-11-20-13(18-9-7-15-2)19-10-8-16-3/h4,13H,1,5-11H2,2-3H3. The molecule has 0 aliphatic heterocycles. The smallest absolute Gasteiger partial charge is 0.330 e. The van der Waals surface area contributed by atoms with Gasteiger partial charge in [0.05, 0.1) is 33.0 Å². The molecule has 0 spiro atoms. The van der Waals surface area contributed by atoms with Crippen molar-refractivity contribution in [1.82, 2.24) is 0 Å². The van der Waals surface area contributed by atoms with E-state index in [1.54, 1.807) is 14.2 Å². The predicted octanol–water partition coefficient (Wildman–Crippen LogP) is 0.838. The van der Waals surface area contributed by atoms with E-state index in [1.807, 2.05) is 0 Å². The molecule has 0 aromatic carbocycles. The molecule has 0 aliphatic carbocycles. The molecule has 0 aromatic rings. The quantitative estimate of drug-likeness (QED) is 0.156. The first kappa shape index (κ1) is 19.3. The first-order valence-corrected chi connectivity index (χ1v) is 7.76. The normalized spacial score (nSPS) is 10.8. The number of hydrogen-bond donors (Lipinski definition) is 0. The summed E-state index contributed by atoms with van der Waals surface area (Å²) in [5.41, 5.74) is 0. The second-order valence-electron chi connectivity index (χ2n) is 3.74. The first-order chi connectivity index (χ1) is 9.74. The van der Waals surface area contributed by atoms with E-state index in [2.05, 4.69) is 6.58 Å². The van der Waals surface area contributed by atoms with Crippen molar-refractivity contribution in [3.63, 3.8) is 0 Å². The van der Waals surface area contributed by atoms with Crippen LogP contribution in [-0.4, -0.2) is 68.7 Å². The van der Waals surface area contributed by atoms with Crippen molar-refractivity contribution in [3.05, 3.63) is 12.7 Å². The number of carbonyl (C=O) groups excluding carboxylic acids is 1. The summed E-state index contributed by atoms with van der Waals surface area (Å²) in [4.78, 5) is 10.8. The minimum atomic E-state index is -0.391. The van der Waals surface area contributed by atoms with E-state index in [0.717, 1.165) is 18.5 Å². The Kier molecular flexibility index (Phi) is 14.1. The molecule has 6 nitrogen and oxygen atoms in total. The van der Waals surface area contributed by atoms with E-state index >= 15 is 0 Å². The van der Waals surface area contributed by atoms with Crippen molar-refractivity contribution in [3.8, 4) is 0 Å². The molecule has 0 rings (SSSR count). The number of hydrogen-bond acceptors (Lipinski definition) is 6. The molecule has 0 aliphatic rings. The maximum absolute atomic E-state index is 10.8. The zero-order valence-electron chi connectivity index (χ0n) is 12.3. The fourth-order valence-electron chi connectivity index (χ4n) is 1.17. The van der Waals surface area contributed by atoms with Crippen LogP contribution in [0.5, 0.6) is 0 Å². The zero-order chi connectivity index (χ0) is 15.1. The summed E-state index contributed by atoms with van der Waals surface area (Å²) < 4.78 is 25.9. The number of rotatable bonds is 14. The molecule has 0 bridgehead atoms. The summed E-state index contributed by atoms with van der Waals surface area (Å²) in [5, 5.41) is 0. The molecule has 0 heterocycles. The molecule has 0 unspecified atom stereocenters. The van der Waals surface area contributed by atoms with Gasteiger partial charge in [-0.15, -0.1) is 0 Å². The van der Waals surface area contributed by atoms with E-state index < -0.39 is 5.97 Å². The Morgan fingerprint density at radius 3 is 2.20 bits per heavy atom. The zero-order valence-corrected chi connectivity index (χ0v) is 13.3. The van der Waals surface area contributed by atoms with Crippen LogP contribution in [-0.2, 0) is 28.5 Å². The molecule has 0 saturated heterocycles. The number of carbonyl (C=O) groups is 1. The van der Waals surface area contributed by atoms with Gasteiger partial charge in [-0.25, -0.2) is 4.79 Å². The van der Waals surface area contributed by atoms with Crippen molar-refractivity contribution >= 4 is 15.5 Å². The Balaban J connectivity index is 3.71. The second kappa shape index (κ2) is 14.7. The van der Waals surface area contributed by atoms with E-state index in [9.17, 15) is 4.79 Å². The van der Waals surface area contributed by atoms with Gasteiger partial charge in [-0.1, -0.05) is 12.6 Å². The Bertz CT molecular complexity index is 239. The van der Waals surface area contributed by atoms with Crippen LogP contribution in [0.3, 0.4) is 0 Å². The highest BCUT2D eigenvalue weighted by Gasteiger charge is 2.10. The lowest BCUT2D eigenvalue weighted by atomic mass is 10.5. The molecule has 0 saturated carbocycles. The van der Waals surface area contributed by atoms with Crippen molar-refractivity contribution in [2.24, 2.45) is 0 Å². The van der Waals surface area contributed by atoms with E-state index in [-0.39, 0.29) is 5.91 Å². The fraction of sp³-hybridized carbons (Fsp3) is 0.769. The average molecular weight is 304 g/mol. The lowest BCUT2D eigenvalue weighted by Gasteiger charge is -2.17. The minimum absolute atomic E-state index is 0.254. The maximum Gasteiger partial charge on any atom is 0.330 e. The molecule has 0 aromatic heterocycles. The summed E-state index contributed by atoms with van der Waals surface area (Å²) >= 11 is 0. The Hall–Kier alpha value is -0.733. The molecule has 2 radical (unpaired) electrons. The van der Waals surface area contributed by atoms with Gasteiger partial charge in [-0.05, 0) is 6.42 Å². The van der Waals surface area contributed by atoms with Crippen LogP contribution in [0.2, 0.25) is 6.04 Å². The third kappa shape index (κ3) is 12.3. The number of ether oxygens (including phenoxy) is 5. The Morgan fingerprint density at radius 2 is 1.70 bits per heavy atom. The van der Waals surface area contributed by atoms with Crippen LogP contribution < -0.4 is 0 Å². The van der Waals surface area contributed by atoms with Gasteiger partial charge in [0.15, 0.2) is 0 Å². The average Bonchev–Trinajstić information content (AvgIpc) is 2.46. The van der Waals surface area contributed by atoms with Gasteiger partial charge < -0.3 is 23.7 Å². The molecule has 0 N–H and O–H groups in total. The highest BCUT2D eigenvalue weighted by atomic mass is 28.2. The van der Waals surface area contributed by atoms with Crippen molar-refractivity contribution < 1.29 is 28.5 Å². The van der Waals surface area contributed by atoms with Gasteiger partial charge >= 0.3 is 5.97 Å². The molecular formula is C13H24O6Si. The third-order valence-corrected chi connectivity index (χ3v) is 3.47. The minimum Gasteiger partial charge on any atom is -0.463 e. The molecular weight excluding hydrogens is 280 g/mol. The number of esters is 1. The van der Waals surface area contributed by atoms with E-state index in [4.69, 9.17) is 23.7 Å². The maximum atomic E-state index is 10.8. The molecule has 0 atom stereocenters. The Labute approximate surface area is 123 Å². The summed E-state index contributed by atoms with van der Waals surface area (Å²) in [5.74, 6) is -0.645. The van der Waals surface area contributed by atoms with Crippen LogP contribution in [0.1, 0.15) is 6.42 Å². The second-order valence-corrected chi connectivity index (χ2v) is 5.12. The molecule has 0 fully saturated rings. The number of methoxy groups -OCH3 is 2. The van der Waals surface area contributed by atoms with E-state index in [1.165, 1.54) is 0 Å². The van der Waals surface area contributed by atoms with Crippen molar-refractivity contribution in [1.29, 1.82) is 0 Å². The Morgan fingerprint density at radius 1 is 1.10 bits per heavy atom. The van der Waals surface area contributed by atoms with Gasteiger partial charge in [0.2, 0.25) is 0 Å². The van der Waals surface area contributed by atoms with Crippen molar-refractivity contribution in [2.45, 2.75) is 18.4 Å². The highest BCUT2D eigenvalue weighted by molar-refractivity contribution is 6.36. The van der Waals surface area contributed by atoms with E-state index in [0.29, 0.717) is 42.6 Å². The van der Waals surface area contributed by atoms with Crippen molar-refractivity contribution in [2.75, 3.05) is 47.3 Å². The fourth-order valence-corrected chi connectivity index (χ4v) is 2.22. The molecule has 0 amide bonds. The first-order valence-electron chi connectivity index (χ1n) is 6.48. The topological polar surface area (TPSA) is 63.2 Å². The summed E-state index contributed by atoms with van der Waals surface area (Å²) in [7, 11) is 3.73. The van der Waals surface area contributed by atoms with Gasteiger partial charge in [0, 0.05) is 20.3 Å². The largest absolute Gasteiger partial charge is 0.463 e. The summed E-state index contributed by atoms with van der Waals surface area (Å²) in [6.45, 7) is 5.78.